The number of rotatable bonds is 4. The number of aryl methyl sites for hydroxylation is 1. The molecule has 0 radical (unpaired) electrons. The van der Waals surface area contributed by atoms with E-state index in [0.29, 0.717) is 6.54 Å². The van der Waals surface area contributed by atoms with Gasteiger partial charge in [-0.2, -0.15) is 0 Å². The van der Waals surface area contributed by atoms with E-state index >= 15 is 0 Å². The molecule has 0 aliphatic carbocycles. The second-order valence-electron chi connectivity index (χ2n) is 4.53. The van der Waals surface area contributed by atoms with E-state index in [-0.39, 0.29) is 0 Å². The molecule has 0 bridgehead atoms. The molecule has 3 rings (SSSR count). The third kappa shape index (κ3) is 2.44. The van der Waals surface area contributed by atoms with E-state index in [4.69, 9.17) is 5.73 Å². The third-order valence-corrected chi connectivity index (χ3v) is 4.33. The Kier molecular flexibility index (Phi) is 3.52. The number of nitrogens with zero attached hydrogens (tertiary/aromatic N) is 2. The average Bonchev–Trinajstić information content (AvgIpc) is 2.95. The Morgan fingerprint density at radius 1 is 1.25 bits per heavy atom. The molecular formula is C15H16N4S. The second-order valence-corrected chi connectivity index (χ2v) is 5.73. The minimum atomic E-state index is 0.709. The summed E-state index contributed by atoms with van der Waals surface area (Å²) in [6.45, 7) is 2.85. The molecule has 0 saturated carbocycles. The van der Waals surface area contributed by atoms with E-state index in [0.717, 1.165) is 33.7 Å². The van der Waals surface area contributed by atoms with Gasteiger partial charge in [0.1, 0.15) is 5.01 Å². The summed E-state index contributed by atoms with van der Waals surface area (Å²) >= 11 is 1.74. The van der Waals surface area contributed by atoms with Gasteiger partial charge in [0.2, 0.25) is 0 Å². The first kappa shape index (κ1) is 12.9. The lowest BCUT2D eigenvalue weighted by Crippen LogP contribution is -2.01. The van der Waals surface area contributed by atoms with Gasteiger partial charge in [-0.3, -0.25) is 4.98 Å². The first-order valence-electron chi connectivity index (χ1n) is 6.58. The summed E-state index contributed by atoms with van der Waals surface area (Å²) in [5.41, 5.74) is 8.62. The number of nitrogens with two attached hydrogens (primary N) is 1. The van der Waals surface area contributed by atoms with Crippen molar-refractivity contribution in [3.63, 3.8) is 0 Å². The van der Waals surface area contributed by atoms with Gasteiger partial charge in [0.25, 0.3) is 0 Å². The fourth-order valence-electron chi connectivity index (χ4n) is 2.10. The van der Waals surface area contributed by atoms with Crippen molar-refractivity contribution in [2.45, 2.75) is 19.9 Å². The highest BCUT2D eigenvalue weighted by molar-refractivity contribution is 7.11. The Labute approximate surface area is 121 Å². The Morgan fingerprint density at radius 3 is 2.95 bits per heavy atom. The van der Waals surface area contributed by atoms with Crippen LogP contribution in [0.1, 0.15) is 16.8 Å². The van der Waals surface area contributed by atoms with E-state index < -0.39 is 0 Å². The van der Waals surface area contributed by atoms with Crippen molar-refractivity contribution in [1.82, 2.24) is 9.97 Å². The van der Waals surface area contributed by atoms with E-state index in [1.54, 1.807) is 17.5 Å². The zero-order valence-corrected chi connectivity index (χ0v) is 12.1. The van der Waals surface area contributed by atoms with E-state index in [2.05, 4.69) is 22.2 Å². The molecule has 4 nitrogen and oxygen atoms in total. The minimum absolute atomic E-state index is 0.709. The maximum Gasteiger partial charge on any atom is 0.112 e. The molecule has 3 aromatic rings. The highest BCUT2D eigenvalue weighted by Crippen LogP contribution is 2.26. The minimum Gasteiger partial charge on any atom is -0.398 e. The van der Waals surface area contributed by atoms with Gasteiger partial charge in [-0.25, -0.2) is 4.98 Å². The number of hydrogen-bond acceptors (Lipinski definition) is 5. The van der Waals surface area contributed by atoms with Crippen LogP contribution in [0.3, 0.4) is 0 Å². The summed E-state index contributed by atoms with van der Waals surface area (Å²) in [6.07, 6.45) is 4.76. The maximum atomic E-state index is 5.98. The van der Waals surface area contributed by atoms with Gasteiger partial charge in [0, 0.05) is 28.3 Å². The van der Waals surface area contributed by atoms with Crippen LogP contribution in [0.15, 0.2) is 36.7 Å². The smallest absolute Gasteiger partial charge is 0.112 e. The summed E-state index contributed by atoms with van der Waals surface area (Å²) in [5.74, 6) is 0. The molecule has 0 atom stereocenters. The van der Waals surface area contributed by atoms with Crippen LogP contribution < -0.4 is 11.1 Å². The molecule has 0 unspecified atom stereocenters. The fraction of sp³-hybridized carbons (Fsp3) is 0.200. The number of fused-ring (bicyclic) bond motifs is 1. The van der Waals surface area contributed by atoms with Gasteiger partial charge in [-0.05, 0) is 30.7 Å². The van der Waals surface area contributed by atoms with Crippen molar-refractivity contribution < 1.29 is 0 Å². The zero-order valence-electron chi connectivity index (χ0n) is 11.3. The van der Waals surface area contributed by atoms with Crippen LogP contribution in [-0.4, -0.2) is 9.97 Å². The summed E-state index contributed by atoms with van der Waals surface area (Å²) in [6, 6.07) is 7.77. The van der Waals surface area contributed by atoms with Crippen molar-refractivity contribution in [3.05, 3.63) is 46.5 Å². The normalized spacial score (nSPS) is 10.8. The Bertz CT molecular complexity index is 736. The molecule has 2 heterocycles. The van der Waals surface area contributed by atoms with Gasteiger partial charge in [0.05, 0.1) is 17.7 Å². The maximum absolute atomic E-state index is 5.98. The average molecular weight is 284 g/mol. The molecule has 0 saturated heterocycles. The Hall–Kier alpha value is -2.14. The SMILES string of the molecule is CCc1cnc(CNc2ccc(N)c3cccnc23)s1. The molecule has 0 fully saturated rings. The quantitative estimate of drug-likeness (QED) is 0.720. The van der Waals surface area contributed by atoms with E-state index in [1.807, 2.05) is 30.5 Å². The first-order chi connectivity index (χ1) is 9.78. The number of aromatic nitrogens is 2. The monoisotopic (exact) mass is 284 g/mol. The number of thiazole rings is 1. The first-order valence-corrected chi connectivity index (χ1v) is 7.40. The molecule has 5 heteroatoms. The lowest BCUT2D eigenvalue weighted by atomic mass is 10.1. The number of pyridine rings is 1. The predicted octanol–water partition coefficient (Wildman–Crippen LogP) is 3.45. The molecule has 3 N–H and O–H groups in total. The summed E-state index contributed by atoms with van der Waals surface area (Å²) in [7, 11) is 0. The van der Waals surface area contributed by atoms with Crippen LogP contribution in [0, 0.1) is 0 Å². The van der Waals surface area contributed by atoms with Crippen LogP contribution in [0.2, 0.25) is 0 Å². The number of benzene rings is 1. The van der Waals surface area contributed by atoms with Gasteiger partial charge < -0.3 is 11.1 Å². The Balaban J connectivity index is 1.86. The van der Waals surface area contributed by atoms with Crippen LogP contribution in [-0.2, 0) is 13.0 Å². The molecule has 0 aliphatic rings. The molecule has 20 heavy (non-hydrogen) atoms. The van der Waals surface area contributed by atoms with Crippen LogP contribution >= 0.6 is 11.3 Å². The van der Waals surface area contributed by atoms with Crippen LogP contribution in [0.4, 0.5) is 11.4 Å². The van der Waals surface area contributed by atoms with Gasteiger partial charge in [-0.15, -0.1) is 11.3 Å². The third-order valence-electron chi connectivity index (χ3n) is 3.18. The lowest BCUT2D eigenvalue weighted by Gasteiger charge is -2.09. The van der Waals surface area contributed by atoms with Crippen molar-refractivity contribution in [1.29, 1.82) is 0 Å². The summed E-state index contributed by atoms with van der Waals surface area (Å²) in [4.78, 5) is 10.1. The van der Waals surface area contributed by atoms with Gasteiger partial charge in [-0.1, -0.05) is 6.92 Å². The molecule has 0 amide bonds. The van der Waals surface area contributed by atoms with Gasteiger partial charge in [0.15, 0.2) is 0 Å². The molecule has 0 spiro atoms. The number of hydrogen-bond donors (Lipinski definition) is 2. The summed E-state index contributed by atoms with van der Waals surface area (Å²) in [5, 5.41) is 5.46. The lowest BCUT2D eigenvalue weighted by molar-refractivity contribution is 1.09. The predicted molar refractivity (Wildman–Crippen MR) is 85.0 cm³/mol. The Morgan fingerprint density at radius 2 is 2.15 bits per heavy atom. The standard InChI is InChI=1S/C15H16N4S/c1-2-10-8-19-14(20-10)9-18-13-6-5-12(16)11-4-3-7-17-15(11)13/h3-8,18H,2,9,16H2,1H3. The van der Waals surface area contributed by atoms with Crippen molar-refractivity contribution in [2.24, 2.45) is 0 Å². The molecule has 0 aliphatic heterocycles. The van der Waals surface area contributed by atoms with Crippen LogP contribution in [0.25, 0.3) is 10.9 Å². The van der Waals surface area contributed by atoms with Crippen molar-refractivity contribution >= 4 is 33.6 Å². The van der Waals surface area contributed by atoms with Crippen LogP contribution in [0.5, 0.6) is 0 Å². The molecular weight excluding hydrogens is 268 g/mol. The van der Waals surface area contributed by atoms with E-state index in [9.17, 15) is 0 Å². The van der Waals surface area contributed by atoms with Crippen molar-refractivity contribution in [3.8, 4) is 0 Å². The van der Waals surface area contributed by atoms with E-state index in [1.165, 1.54) is 4.88 Å². The zero-order chi connectivity index (χ0) is 13.9. The number of nitrogen functional groups attached to an aromatic ring is 1. The highest BCUT2D eigenvalue weighted by Gasteiger charge is 2.06. The topological polar surface area (TPSA) is 63.8 Å². The summed E-state index contributed by atoms with van der Waals surface area (Å²) < 4.78 is 0. The number of nitrogens with one attached hydrogen (secondary N) is 1. The fourth-order valence-corrected chi connectivity index (χ4v) is 2.90. The molecule has 1 aromatic carbocycles. The largest absolute Gasteiger partial charge is 0.398 e. The second kappa shape index (κ2) is 5.46. The van der Waals surface area contributed by atoms with Gasteiger partial charge >= 0.3 is 0 Å². The molecule has 2 aromatic heterocycles. The highest BCUT2D eigenvalue weighted by atomic mass is 32.1. The molecule has 102 valence electrons. The number of anilines is 2. The van der Waals surface area contributed by atoms with Crippen molar-refractivity contribution in [2.75, 3.05) is 11.1 Å².